The third kappa shape index (κ3) is 8.65. The van der Waals surface area contributed by atoms with Gasteiger partial charge in [0, 0.05) is 6.61 Å². The molecule has 0 saturated heterocycles. The van der Waals surface area contributed by atoms with Crippen molar-refractivity contribution < 1.29 is 24.2 Å². The average Bonchev–Trinajstić information content (AvgIpc) is 2.23. The predicted octanol–water partition coefficient (Wildman–Crippen LogP) is 0.265. The highest BCUT2D eigenvalue weighted by atomic mass is 16.5. The lowest BCUT2D eigenvalue weighted by atomic mass is 10.1. The van der Waals surface area contributed by atoms with E-state index in [0.717, 1.165) is 0 Å². The van der Waals surface area contributed by atoms with Gasteiger partial charge in [0.1, 0.15) is 13.2 Å². The Bertz CT molecular complexity index is 242. The summed E-state index contributed by atoms with van der Waals surface area (Å²) in [5, 5.41) is 11.1. The fourth-order valence-electron chi connectivity index (χ4n) is 1.13. The minimum Gasteiger partial charge on any atom is -0.480 e. The van der Waals surface area contributed by atoms with Crippen molar-refractivity contribution in [3.05, 3.63) is 0 Å². The number of rotatable bonds is 9. The highest BCUT2D eigenvalue weighted by Gasteiger charge is 2.16. The van der Waals surface area contributed by atoms with Crippen LogP contribution in [0.25, 0.3) is 0 Å². The third-order valence-corrected chi connectivity index (χ3v) is 2.11. The summed E-state index contributed by atoms with van der Waals surface area (Å²) in [7, 11) is 0. The number of ether oxygens (including phenoxy) is 2. The lowest BCUT2D eigenvalue weighted by Gasteiger charge is -2.21. The van der Waals surface area contributed by atoms with Gasteiger partial charge in [-0.15, -0.1) is 0 Å². The van der Waals surface area contributed by atoms with Gasteiger partial charge in [0.2, 0.25) is 5.91 Å². The van der Waals surface area contributed by atoms with Crippen LogP contribution in [-0.2, 0) is 19.1 Å². The molecular weight excluding hydrogens is 226 g/mol. The summed E-state index contributed by atoms with van der Waals surface area (Å²) in [5.41, 5.74) is 0. The topological polar surface area (TPSA) is 84.9 Å². The van der Waals surface area contributed by atoms with E-state index in [-0.39, 0.29) is 24.5 Å². The molecule has 2 N–H and O–H groups in total. The first kappa shape index (κ1) is 15.9. The van der Waals surface area contributed by atoms with E-state index in [1.54, 1.807) is 0 Å². The standard InChI is InChI=1S/C11H21NO5/c1-4-16-5-9(8(2)3)12-10(13)6-17-7-11(14)15/h8-9H,4-7H2,1-3H3,(H,12,13)(H,14,15). The number of amides is 1. The zero-order valence-electron chi connectivity index (χ0n) is 10.6. The molecule has 0 spiro atoms. The van der Waals surface area contributed by atoms with Crippen LogP contribution in [0.4, 0.5) is 0 Å². The van der Waals surface area contributed by atoms with Crippen LogP contribution in [0.1, 0.15) is 20.8 Å². The lowest BCUT2D eigenvalue weighted by Crippen LogP contribution is -2.43. The molecule has 0 aliphatic carbocycles. The molecule has 0 bridgehead atoms. The molecule has 17 heavy (non-hydrogen) atoms. The highest BCUT2D eigenvalue weighted by Crippen LogP contribution is 2.02. The number of hydrogen-bond acceptors (Lipinski definition) is 4. The average molecular weight is 247 g/mol. The first-order valence-corrected chi connectivity index (χ1v) is 5.64. The number of aliphatic carboxylic acids is 1. The summed E-state index contributed by atoms with van der Waals surface area (Å²) in [6.45, 7) is 6.15. The smallest absolute Gasteiger partial charge is 0.329 e. The highest BCUT2D eigenvalue weighted by molar-refractivity contribution is 5.78. The van der Waals surface area contributed by atoms with Gasteiger partial charge in [-0.25, -0.2) is 4.79 Å². The van der Waals surface area contributed by atoms with Crippen molar-refractivity contribution in [2.45, 2.75) is 26.8 Å². The maximum Gasteiger partial charge on any atom is 0.329 e. The molecule has 0 aromatic heterocycles. The molecule has 0 saturated carbocycles. The molecule has 0 fully saturated rings. The van der Waals surface area contributed by atoms with Gasteiger partial charge >= 0.3 is 5.97 Å². The zero-order valence-corrected chi connectivity index (χ0v) is 10.6. The molecule has 0 radical (unpaired) electrons. The molecule has 0 aromatic rings. The van der Waals surface area contributed by atoms with Gasteiger partial charge in [0.05, 0.1) is 12.6 Å². The van der Waals surface area contributed by atoms with Gasteiger partial charge in [0.25, 0.3) is 0 Å². The Balaban J connectivity index is 3.90. The monoisotopic (exact) mass is 247 g/mol. The van der Waals surface area contributed by atoms with E-state index in [1.807, 2.05) is 20.8 Å². The molecule has 0 aromatic carbocycles. The predicted molar refractivity (Wildman–Crippen MR) is 61.7 cm³/mol. The Hall–Kier alpha value is -1.14. The molecule has 6 heteroatoms. The minimum atomic E-state index is -1.09. The fourth-order valence-corrected chi connectivity index (χ4v) is 1.13. The van der Waals surface area contributed by atoms with Gasteiger partial charge in [-0.05, 0) is 12.8 Å². The minimum absolute atomic E-state index is 0.0871. The molecule has 1 atom stereocenters. The second-order valence-corrected chi connectivity index (χ2v) is 3.96. The Morgan fingerprint density at radius 2 is 1.88 bits per heavy atom. The number of carboxylic acid groups (broad SMARTS) is 1. The summed E-state index contributed by atoms with van der Waals surface area (Å²) in [5.74, 6) is -1.18. The van der Waals surface area contributed by atoms with Gasteiger partial charge in [0.15, 0.2) is 0 Å². The normalized spacial score (nSPS) is 12.5. The summed E-state index contributed by atoms with van der Waals surface area (Å²) in [4.78, 5) is 21.6. The maximum atomic E-state index is 11.4. The lowest BCUT2D eigenvalue weighted by molar-refractivity contribution is -0.143. The second kappa shape index (κ2) is 8.95. The van der Waals surface area contributed by atoms with Crippen LogP contribution in [-0.4, -0.2) is 49.5 Å². The van der Waals surface area contributed by atoms with E-state index in [1.165, 1.54) is 0 Å². The van der Waals surface area contributed by atoms with Crippen molar-refractivity contribution in [1.82, 2.24) is 5.32 Å². The van der Waals surface area contributed by atoms with Crippen molar-refractivity contribution in [2.75, 3.05) is 26.4 Å². The Kier molecular flexibility index (Phi) is 8.35. The second-order valence-electron chi connectivity index (χ2n) is 3.96. The van der Waals surface area contributed by atoms with Gasteiger partial charge in [-0.3, -0.25) is 4.79 Å². The van der Waals surface area contributed by atoms with E-state index in [4.69, 9.17) is 9.84 Å². The molecule has 0 aliphatic heterocycles. The van der Waals surface area contributed by atoms with Gasteiger partial charge in [-0.1, -0.05) is 13.8 Å². The molecule has 6 nitrogen and oxygen atoms in total. The molecular formula is C11H21NO5. The van der Waals surface area contributed by atoms with Gasteiger partial charge in [-0.2, -0.15) is 0 Å². The van der Waals surface area contributed by atoms with E-state index < -0.39 is 12.6 Å². The summed E-state index contributed by atoms with van der Waals surface area (Å²) < 4.78 is 9.94. The quantitative estimate of drug-likeness (QED) is 0.610. The molecule has 0 heterocycles. The Labute approximate surface area is 101 Å². The van der Waals surface area contributed by atoms with Gasteiger partial charge < -0.3 is 19.9 Å². The van der Waals surface area contributed by atoms with Crippen LogP contribution in [0, 0.1) is 5.92 Å². The first-order chi connectivity index (χ1) is 7.97. The molecule has 0 rings (SSSR count). The maximum absolute atomic E-state index is 11.4. The van der Waals surface area contributed by atoms with E-state index in [2.05, 4.69) is 10.1 Å². The van der Waals surface area contributed by atoms with Crippen LogP contribution < -0.4 is 5.32 Å². The zero-order chi connectivity index (χ0) is 13.3. The van der Waals surface area contributed by atoms with Crippen LogP contribution in [0.15, 0.2) is 0 Å². The number of nitrogens with one attached hydrogen (secondary N) is 1. The summed E-state index contributed by atoms with van der Waals surface area (Å²) >= 11 is 0. The van der Waals surface area contributed by atoms with Crippen molar-refractivity contribution in [3.63, 3.8) is 0 Å². The molecule has 0 aliphatic rings. The molecule has 1 unspecified atom stereocenters. The van der Waals surface area contributed by atoms with E-state index in [0.29, 0.717) is 13.2 Å². The van der Waals surface area contributed by atoms with Crippen molar-refractivity contribution >= 4 is 11.9 Å². The van der Waals surface area contributed by atoms with Crippen LogP contribution in [0.5, 0.6) is 0 Å². The Morgan fingerprint density at radius 3 is 2.35 bits per heavy atom. The Morgan fingerprint density at radius 1 is 1.24 bits per heavy atom. The van der Waals surface area contributed by atoms with Crippen molar-refractivity contribution in [1.29, 1.82) is 0 Å². The van der Waals surface area contributed by atoms with Crippen molar-refractivity contribution in [3.8, 4) is 0 Å². The van der Waals surface area contributed by atoms with Crippen LogP contribution >= 0.6 is 0 Å². The number of carboxylic acids is 1. The first-order valence-electron chi connectivity index (χ1n) is 5.64. The largest absolute Gasteiger partial charge is 0.480 e. The number of carbonyl (C=O) groups excluding carboxylic acids is 1. The SMILES string of the molecule is CCOCC(NC(=O)COCC(=O)O)C(C)C. The summed E-state index contributed by atoms with van der Waals surface area (Å²) in [6.07, 6.45) is 0. The molecule has 1 amide bonds. The number of hydrogen-bond donors (Lipinski definition) is 2. The van der Waals surface area contributed by atoms with E-state index in [9.17, 15) is 9.59 Å². The third-order valence-electron chi connectivity index (χ3n) is 2.11. The summed E-state index contributed by atoms with van der Waals surface area (Å²) in [6, 6.07) is -0.0871. The fraction of sp³-hybridized carbons (Fsp3) is 0.818. The van der Waals surface area contributed by atoms with Crippen LogP contribution in [0.3, 0.4) is 0 Å². The van der Waals surface area contributed by atoms with Crippen LogP contribution in [0.2, 0.25) is 0 Å². The molecule has 100 valence electrons. The number of carbonyl (C=O) groups is 2. The van der Waals surface area contributed by atoms with E-state index >= 15 is 0 Å². The van der Waals surface area contributed by atoms with Crippen molar-refractivity contribution in [2.24, 2.45) is 5.92 Å².